The molecule has 0 saturated carbocycles. The van der Waals surface area contributed by atoms with Crippen molar-refractivity contribution in [3.8, 4) is 0 Å². The predicted molar refractivity (Wildman–Crippen MR) is 83.5 cm³/mol. The molecule has 0 radical (unpaired) electrons. The van der Waals surface area contributed by atoms with E-state index in [-0.39, 0.29) is 29.8 Å². The summed E-state index contributed by atoms with van der Waals surface area (Å²) >= 11 is 5.65. The molecule has 0 aromatic carbocycles. The zero-order chi connectivity index (χ0) is 16.2. The highest BCUT2D eigenvalue weighted by molar-refractivity contribution is 6.27. The van der Waals surface area contributed by atoms with Gasteiger partial charge in [0.1, 0.15) is 11.5 Å². The number of hydrogen-bond donors (Lipinski definition) is 0. The SMILES string of the molecule is CC(C)N(C[C@H]1CCN(C(=O)OC(C)(C)C)C1)C(=O)CCl. The summed E-state index contributed by atoms with van der Waals surface area (Å²) < 4.78 is 5.38. The Hall–Kier alpha value is -0.970. The number of rotatable bonds is 4. The lowest BCUT2D eigenvalue weighted by Crippen LogP contribution is -2.42. The van der Waals surface area contributed by atoms with E-state index in [4.69, 9.17) is 16.3 Å². The Kier molecular flexibility index (Phi) is 6.32. The maximum Gasteiger partial charge on any atom is 0.410 e. The molecule has 1 aliphatic rings. The zero-order valence-corrected chi connectivity index (χ0v) is 14.4. The molecule has 0 unspecified atom stereocenters. The molecule has 2 amide bonds. The number of alkyl halides is 1. The summed E-state index contributed by atoms with van der Waals surface area (Å²) in [7, 11) is 0. The number of hydrogen-bond acceptors (Lipinski definition) is 3. The van der Waals surface area contributed by atoms with Crippen molar-refractivity contribution in [2.45, 2.75) is 52.7 Å². The second kappa shape index (κ2) is 7.34. The van der Waals surface area contributed by atoms with Crippen LogP contribution in [0.15, 0.2) is 0 Å². The van der Waals surface area contributed by atoms with Crippen LogP contribution in [-0.4, -0.2) is 59.0 Å². The maximum absolute atomic E-state index is 12.0. The van der Waals surface area contributed by atoms with Crippen LogP contribution in [0.5, 0.6) is 0 Å². The molecule has 5 nitrogen and oxygen atoms in total. The first-order valence-corrected chi connectivity index (χ1v) is 8.01. The van der Waals surface area contributed by atoms with Gasteiger partial charge in [0.25, 0.3) is 0 Å². The topological polar surface area (TPSA) is 49.9 Å². The van der Waals surface area contributed by atoms with Crippen LogP contribution in [0, 0.1) is 5.92 Å². The molecule has 0 aromatic heterocycles. The van der Waals surface area contributed by atoms with Gasteiger partial charge in [-0.1, -0.05) is 0 Å². The monoisotopic (exact) mass is 318 g/mol. The van der Waals surface area contributed by atoms with Crippen LogP contribution in [0.3, 0.4) is 0 Å². The minimum atomic E-state index is -0.478. The molecule has 0 aliphatic carbocycles. The van der Waals surface area contributed by atoms with Crippen LogP contribution < -0.4 is 0 Å². The fourth-order valence-electron chi connectivity index (χ4n) is 2.43. The Morgan fingerprint density at radius 1 is 1.38 bits per heavy atom. The first-order valence-electron chi connectivity index (χ1n) is 7.47. The number of halogens is 1. The first-order chi connectivity index (χ1) is 9.64. The van der Waals surface area contributed by atoms with Crippen molar-refractivity contribution in [2.24, 2.45) is 5.92 Å². The van der Waals surface area contributed by atoms with Gasteiger partial charge in [-0.2, -0.15) is 0 Å². The quantitative estimate of drug-likeness (QED) is 0.749. The minimum Gasteiger partial charge on any atom is -0.444 e. The Morgan fingerprint density at radius 3 is 2.48 bits per heavy atom. The number of ether oxygens (including phenoxy) is 1. The van der Waals surface area contributed by atoms with Crippen LogP contribution in [0.2, 0.25) is 0 Å². The van der Waals surface area contributed by atoms with Gasteiger partial charge in [-0.25, -0.2) is 4.79 Å². The first kappa shape index (κ1) is 18.1. The van der Waals surface area contributed by atoms with E-state index in [1.54, 1.807) is 9.80 Å². The van der Waals surface area contributed by atoms with E-state index in [0.717, 1.165) is 6.42 Å². The smallest absolute Gasteiger partial charge is 0.410 e. The normalized spacial score (nSPS) is 19.0. The molecule has 1 atom stereocenters. The Labute approximate surface area is 132 Å². The van der Waals surface area contributed by atoms with Gasteiger partial charge in [-0.15, -0.1) is 11.6 Å². The Balaban J connectivity index is 2.54. The van der Waals surface area contributed by atoms with Crippen molar-refractivity contribution in [3.63, 3.8) is 0 Å². The fraction of sp³-hybridized carbons (Fsp3) is 0.867. The number of amides is 2. The van der Waals surface area contributed by atoms with Gasteiger partial charge in [-0.05, 0) is 47.0 Å². The Bertz CT molecular complexity index is 380. The van der Waals surface area contributed by atoms with E-state index in [9.17, 15) is 9.59 Å². The van der Waals surface area contributed by atoms with Gasteiger partial charge in [-0.3, -0.25) is 4.79 Å². The molecule has 0 bridgehead atoms. The van der Waals surface area contributed by atoms with Crippen molar-refractivity contribution in [1.82, 2.24) is 9.80 Å². The van der Waals surface area contributed by atoms with Crippen LogP contribution in [0.1, 0.15) is 41.0 Å². The number of carbonyl (C=O) groups is 2. The van der Waals surface area contributed by atoms with Crippen molar-refractivity contribution in [3.05, 3.63) is 0 Å². The maximum atomic E-state index is 12.0. The average molecular weight is 319 g/mol. The molecule has 21 heavy (non-hydrogen) atoms. The Morgan fingerprint density at radius 2 is 2.00 bits per heavy atom. The van der Waals surface area contributed by atoms with Crippen LogP contribution in [0.4, 0.5) is 4.79 Å². The van der Waals surface area contributed by atoms with Gasteiger partial charge in [0.05, 0.1) is 0 Å². The third kappa shape index (κ3) is 5.73. The summed E-state index contributed by atoms with van der Waals surface area (Å²) in [6.07, 6.45) is 0.614. The molecule has 0 spiro atoms. The van der Waals surface area contributed by atoms with Gasteiger partial charge in [0, 0.05) is 25.7 Å². The predicted octanol–water partition coefficient (Wildman–Crippen LogP) is 2.72. The third-order valence-electron chi connectivity index (χ3n) is 3.45. The highest BCUT2D eigenvalue weighted by Crippen LogP contribution is 2.21. The number of nitrogens with zero attached hydrogens (tertiary/aromatic N) is 2. The van der Waals surface area contributed by atoms with Crippen LogP contribution in [0.25, 0.3) is 0 Å². The van der Waals surface area contributed by atoms with E-state index in [0.29, 0.717) is 19.6 Å². The van der Waals surface area contributed by atoms with E-state index < -0.39 is 5.60 Å². The molecule has 0 N–H and O–H groups in total. The van der Waals surface area contributed by atoms with Crippen molar-refractivity contribution in [1.29, 1.82) is 0 Å². The van der Waals surface area contributed by atoms with Crippen LogP contribution in [-0.2, 0) is 9.53 Å². The van der Waals surface area contributed by atoms with E-state index >= 15 is 0 Å². The minimum absolute atomic E-state index is 0.000675. The van der Waals surface area contributed by atoms with Gasteiger partial charge in [0.2, 0.25) is 5.91 Å². The highest BCUT2D eigenvalue weighted by Gasteiger charge is 2.31. The zero-order valence-electron chi connectivity index (χ0n) is 13.7. The highest BCUT2D eigenvalue weighted by atomic mass is 35.5. The summed E-state index contributed by atoms with van der Waals surface area (Å²) in [4.78, 5) is 27.4. The molecule has 1 heterocycles. The molecular weight excluding hydrogens is 292 g/mol. The number of likely N-dealkylation sites (tertiary alicyclic amines) is 1. The molecule has 1 saturated heterocycles. The average Bonchev–Trinajstić information content (AvgIpc) is 2.81. The summed E-state index contributed by atoms with van der Waals surface area (Å²) in [5, 5.41) is 0. The molecule has 1 fully saturated rings. The van der Waals surface area contributed by atoms with E-state index in [1.165, 1.54) is 0 Å². The fourth-order valence-corrected chi connectivity index (χ4v) is 2.58. The van der Waals surface area contributed by atoms with Crippen molar-refractivity contribution < 1.29 is 14.3 Å². The molecule has 6 heteroatoms. The third-order valence-corrected chi connectivity index (χ3v) is 3.68. The standard InChI is InChI=1S/C15H27ClN2O3/c1-11(2)18(13(19)8-16)10-12-6-7-17(9-12)14(20)21-15(3,4)5/h11-12H,6-10H2,1-5H3/t12-/m0/s1. The largest absolute Gasteiger partial charge is 0.444 e. The second-order valence-electron chi connectivity index (χ2n) is 6.85. The molecule has 0 aromatic rings. The molecule has 122 valence electrons. The molecular formula is C15H27ClN2O3. The number of carbonyl (C=O) groups excluding carboxylic acids is 2. The molecule has 1 aliphatic heterocycles. The lowest BCUT2D eigenvalue weighted by atomic mass is 10.1. The van der Waals surface area contributed by atoms with E-state index in [1.807, 2.05) is 34.6 Å². The van der Waals surface area contributed by atoms with Gasteiger partial charge < -0.3 is 14.5 Å². The van der Waals surface area contributed by atoms with Gasteiger partial charge in [0.15, 0.2) is 0 Å². The summed E-state index contributed by atoms with van der Waals surface area (Å²) in [5.74, 6) is 0.232. The lowest BCUT2D eigenvalue weighted by molar-refractivity contribution is -0.130. The summed E-state index contributed by atoms with van der Waals surface area (Å²) in [6.45, 7) is 11.5. The lowest BCUT2D eigenvalue weighted by Gasteiger charge is -2.29. The van der Waals surface area contributed by atoms with E-state index in [2.05, 4.69) is 0 Å². The molecule has 1 rings (SSSR count). The van der Waals surface area contributed by atoms with Gasteiger partial charge >= 0.3 is 6.09 Å². The summed E-state index contributed by atoms with van der Waals surface area (Å²) in [5.41, 5.74) is -0.478. The summed E-state index contributed by atoms with van der Waals surface area (Å²) in [6, 6.07) is 0.117. The van der Waals surface area contributed by atoms with Crippen molar-refractivity contribution >= 4 is 23.6 Å². The van der Waals surface area contributed by atoms with Crippen LogP contribution >= 0.6 is 11.6 Å². The van der Waals surface area contributed by atoms with Crippen molar-refractivity contribution in [2.75, 3.05) is 25.5 Å². The second-order valence-corrected chi connectivity index (χ2v) is 7.12.